The van der Waals surface area contributed by atoms with Crippen molar-refractivity contribution in [3.63, 3.8) is 0 Å². The van der Waals surface area contributed by atoms with Crippen molar-refractivity contribution in [2.75, 3.05) is 24.7 Å². The molecule has 2 aromatic rings. The van der Waals surface area contributed by atoms with Crippen LogP contribution in [0.4, 0.5) is 11.5 Å². The van der Waals surface area contributed by atoms with Gasteiger partial charge in [0.05, 0.1) is 18.3 Å². The molecule has 7 heteroatoms. The summed E-state index contributed by atoms with van der Waals surface area (Å²) in [6.45, 7) is 0.716. The molecule has 17 heavy (non-hydrogen) atoms. The lowest BCUT2D eigenvalue weighted by molar-refractivity contribution is 0.399. The van der Waals surface area contributed by atoms with Crippen molar-refractivity contribution in [3.05, 3.63) is 22.9 Å². The van der Waals surface area contributed by atoms with Crippen LogP contribution in [0.25, 0.3) is 0 Å². The molecule has 0 aliphatic carbocycles. The molecule has 0 radical (unpaired) electrons. The number of anilines is 2. The minimum absolute atomic E-state index is 0.385. The van der Waals surface area contributed by atoms with E-state index in [1.165, 1.54) is 13.4 Å². The molecule has 0 atom stereocenters. The molecule has 0 unspecified atom stereocenters. The summed E-state index contributed by atoms with van der Waals surface area (Å²) in [7, 11) is 1.53. The van der Waals surface area contributed by atoms with Gasteiger partial charge in [0.15, 0.2) is 5.82 Å². The van der Waals surface area contributed by atoms with Crippen molar-refractivity contribution in [1.82, 2.24) is 15.0 Å². The number of ether oxygens (including phenoxy) is 1. The summed E-state index contributed by atoms with van der Waals surface area (Å²) < 4.78 is 5.01. The van der Waals surface area contributed by atoms with E-state index in [1.54, 1.807) is 11.3 Å². The number of methoxy groups -OCH3 is 1. The van der Waals surface area contributed by atoms with Crippen molar-refractivity contribution in [1.29, 1.82) is 0 Å². The molecule has 0 fully saturated rings. The van der Waals surface area contributed by atoms with E-state index >= 15 is 0 Å². The van der Waals surface area contributed by atoms with E-state index in [1.807, 2.05) is 10.9 Å². The van der Waals surface area contributed by atoms with Gasteiger partial charge in [-0.05, 0) is 0 Å². The molecule has 2 aromatic heterocycles. The minimum Gasteiger partial charge on any atom is -0.479 e. The van der Waals surface area contributed by atoms with E-state index in [9.17, 15) is 0 Å². The number of hydrogen-bond donors (Lipinski definition) is 2. The highest BCUT2D eigenvalue weighted by Gasteiger charge is 2.07. The van der Waals surface area contributed by atoms with Crippen LogP contribution >= 0.6 is 11.3 Å². The van der Waals surface area contributed by atoms with E-state index in [0.717, 1.165) is 12.1 Å². The largest absolute Gasteiger partial charge is 0.479 e. The standard InChI is InChI=1S/C10H13N5OS/c1-16-10-8(11)9(13-5-14-10)12-3-2-7-4-17-6-15-7/h4-6H,2-3,11H2,1H3,(H,12,13,14). The first kappa shape index (κ1) is 11.6. The van der Waals surface area contributed by atoms with Crippen molar-refractivity contribution >= 4 is 22.8 Å². The Labute approximate surface area is 103 Å². The minimum atomic E-state index is 0.385. The van der Waals surface area contributed by atoms with E-state index in [-0.39, 0.29) is 0 Å². The molecule has 2 rings (SSSR count). The average molecular weight is 251 g/mol. The summed E-state index contributed by atoms with van der Waals surface area (Å²) in [6, 6.07) is 0. The molecule has 0 aliphatic rings. The Morgan fingerprint density at radius 2 is 2.29 bits per heavy atom. The maximum atomic E-state index is 5.83. The lowest BCUT2D eigenvalue weighted by Crippen LogP contribution is -2.10. The van der Waals surface area contributed by atoms with Gasteiger partial charge in [-0.3, -0.25) is 0 Å². The number of nitrogens with two attached hydrogens (primary N) is 1. The van der Waals surface area contributed by atoms with E-state index in [0.29, 0.717) is 23.9 Å². The first-order valence-corrected chi connectivity index (χ1v) is 6.01. The number of nitrogens with zero attached hydrogens (tertiary/aromatic N) is 3. The number of nitrogen functional groups attached to an aromatic ring is 1. The van der Waals surface area contributed by atoms with Crippen LogP contribution in [0.3, 0.4) is 0 Å². The zero-order valence-corrected chi connectivity index (χ0v) is 10.2. The maximum Gasteiger partial charge on any atom is 0.242 e. The highest BCUT2D eigenvalue weighted by molar-refractivity contribution is 7.07. The second-order valence-corrected chi connectivity index (χ2v) is 4.02. The van der Waals surface area contributed by atoms with Crippen molar-refractivity contribution in [2.24, 2.45) is 0 Å². The molecule has 0 saturated heterocycles. The number of nitrogens with one attached hydrogen (secondary N) is 1. The van der Waals surface area contributed by atoms with Gasteiger partial charge < -0.3 is 15.8 Å². The van der Waals surface area contributed by atoms with Gasteiger partial charge in [0.1, 0.15) is 12.0 Å². The Morgan fingerprint density at radius 1 is 1.41 bits per heavy atom. The van der Waals surface area contributed by atoms with E-state index in [4.69, 9.17) is 10.5 Å². The summed E-state index contributed by atoms with van der Waals surface area (Å²) in [4.78, 5) is 12.2. The first-order chi connectivity index (χ1) is 8.31. The predicted molar refractivity (Wildman–Crippen MR) is 67.3 cm³/mol. The molecule has 0 bridgehead atoms. The topological polar surface area (TPSA) is 86.0 Å². The normalized spacial score (nSPS) is 10.2. The lowest BCUT2D eigenvalue weighted by Gasteiger charge is -2.09. The molecule has 0 spiro atoms. The molecule has 2 heterocycles. The van der Waals surface area contributed by atoms with Gasteiger partial charge in [-0.2, -0.15) is 4.98 Å². The Morgan fingerprint density at radius 3 is 3.00 bits per heavy atom. The number of aromatic nitrogens is 3. The molecule has 90 valence electrons. The Bertz CT molecular complexity index is 474. The summed E-state index contributed by atoms with van der Waals surface area (Å²) in [5, 5.41) is 5.15. The van der Waals surface area contributed by atoms with Gasteiger partial charge in [0.2, 0.25) is 5.88 Å². The third-order valence-electron chi connectivity index (χ3n) is 2.20. The molecule has 0 saturated carbocycles. The zero-order chi connectivity index (χ0) is 12.1. The summed E-state index contributed by atoms with van der Waals surface area (Å²) >= 11 is 1.59. The summed E-state index contributed by atoms with van der Waals surface area (Å²) in [5.74, 6) is 0.975. The second kappa shape index (κ2) is 5.44. The highest BCUT2D eigenvalue weighted by Crippen LogP contribution is 2.23. The molecule has 0 amide bonds. The third kappa shape index (κ3) is 2.82. The Balaban J connectivity index is 1.95. The van der Waals surface area contributed by atoms with Gasteiger partial charge in [-0.15, -0.1) is 11.3 Å². The van der Waals surface area contributed by atoms with Crippen LogP contribution in [-0.2, 0) is 6.42 Å². The fourth-order valence-corrected chi connectivity index (χ4v) is 1.95. The van der Waals surface area contributed by atoms with Gasteiger partial charge >= 0.3 is 0 Å². The molecular weight excluding hydrogens is 238 g/mol. The van der Waals surface area contributed by atoms with Crippen LogP contribution in [-0.4, -0.2) is 28.6 Å². The molecule has 3 N–H and O–H groups in total. The third-order valence-corrected chi connectivity index (χ3v) is 2.83. The van der Waals surface area contributed by atoms with Crippen molar-refractivity contribution < 1.29 is 4.74 Å². The maximum absolute atomic E-state index is 5.83. The SMILES string of the molecule is COc1ncnc(NCCc2cscn2)c1N. The van der Waals surface area contributed by atoms with Gasteiger partial charge in [-0.25, -0.2) is 9.97 Å². The summed E-state index contributed by atoms with van der Waals surface area (Å²) in [5.41, 5.74) is 9.13. The van der Waals surface area contributed by atoms with E-state index < -0.39 is 0 Å². The van der Waals surface area contributed by atoms with Gasteiger partial charge in [0.25, 0.3) is 0 Å². The first-order valence-electron chi connectivity index (χ1n) is 5.06. The fraction of sp³-hybridized carbons (Fsp3) is 0.300. The van der Waals surface area contributed by atoms with Gasteiger partial charge in [0, 0.05) is 18.3 Å². The van der Waals surface area contributed by atoms with E-state index in [2.05, 4.69) is 20.3 Å². The highest BCUT2D eigenvalue weighted by atomic mass is 32.1. The monoisotopic (exact) mass is 251 g/mol. The van der Waals surface area contributed by atoms with Crippen LogP contribution < -0.4 is 15.8 Å². The fourth-order valence-electron chi connectivity index (χ4n) is 1.35. The van der Waals surface area contributed by atoms with Gasteiger partial charge in [-0.1, -0.05) is 0 Å². The molecule has 6 nitrogen and oxygen atoms in total. The van der Waals surface area contributed by atoms with Crippen LogP contribution in [0, 0.1) is 0 Å². The predicted octanol–water partition coefficient (Wildman–Crippen LogP) is 1.18. The average Bonchev–Trinajstić information content (AvgIpc) is 2.84. The quantitative estimate of drug-likeness (QED) is 0.830. The van der Waals surface area contributed by atoms with Crippen molar-refractivity contribution in [2.45, 2.75) is 6.42 Å². The van der Waals surface area contributed by atoms with Crippen LogP contribution in [0.5, 0.6) is 5.88 Å². The van der Waals surface area contributed by atoms with Crippen molar-refractivity contribution in [3.8, 4) is 5.88 Å². The Kier molecular flexibility index (Phi) is 3.71. The van der Waals surface area contributed by atoms with Crippen LogP contribution in [0.15, 0.2) is 17.2 Å². The zero-order valence-electron chi connectivity index (χ0n) is 9.38. The summed E-state index contributed by atoms with van der Waals surface area (Å²) in [6.07, 6.45) is 2.25. The number of hydrogen-bond acceptors (Lipinski definition) is 7. The second-order valence-electron chi connectivity index (χ2n) is 3.30. The molecule has 0 aliphatic heterocycles. The number of thiazole rings is 1. The Hall–Kier alpha value is -1.89. The molecular formula is C10H13N5OS. The van der Waals surface area contributed by atoms with Crippen LogP contribution in [0.1, 0.15) is 5.69 Å². The molecule has 0 aromatic carbocycles. The number of rotatable bonds is 5. The smallest absolute Gasteiger partial charge is 0.242 e. The lowest BCUT2D eigenvalue weighted by atomic mass is 10.3. The van der Waals surface area contributed by atoms with Crippen LogP contribution in [0.2, 0.25) is 0 Å².